The molecule has 2 aromatic rings. The van der Waals surface area contributed by atoms with Crippen molar-refractivity contribution in [2.75, 3.05) is 13.1 Å². The van der Waals surface area contributed by atoms with Gasteiger partial charge in [0.25, 0.3) is 5.91 Å². The second-order valence-corrected chi connectivity index (χ2v) is 7.66. The maximum absolute atomic E-state index is 12.3. The molecule has 2 aliphatic rings. The molecule has 1 aromatic carbocycles. The van der Waals surface area contributed by atoms with E-state index in [1.807, 2.05) is 12.1 Å². The molecule has 1 aromatic heterocycles. The number of aromatic nitrogens is 1. The van der Waals surface area contributed by atoms with Gasteiger partial charge in [0.2, 0.25) is 0 Å². The maximum Gasteiger partial charge on any atom is 0.273 e. The van der Waals surface area contributed by atoms with E-state index < -0.39 is 0 Å². The molecule has 1 aliphatic heterocycles. The Morgan fingerprint density at radius 3 is 2.88 bits per heavy atom. The largest absolute Gasteiger partial charge is 0.360 e. The summed E-state index contributed by atoms with van der Waals surface area (Å²) in [5, 5.41) is 8.26. The Morgan fingerprint density at radius 1 is 1.28 bits per heavy atom. The summed E-state index contributed by atoms with van der Waals surface area (Å²) in [7, 11) is 0. The van der Waals surface area contributed by atoms with E-state index in [0.717, 1.165) is 50.2 Å². The van der Waals surface area contributed by atoms with Gasteiger partial charge in [-0.2, -0.15) is 0 Å². The van der Waals surface area contributed by atoms with Crippen LogP contribution in [0.25, 0.3) is 0 Å². The van der Waals surface area contributed by atoms with Crippen molar-refractivity contribution in [3.05, 3.63) is 51.3 Å². The summed E-state index contributed by atoms with van der Waals surface area (Å²) < 4.78 is 5.25. The molecule has 1 amide bonds. The fourth-order valence-corrected chi connectivity index (χ4v) is 3.67. The lowest BCUT2D eigenvalue weighted by molar-refractivity contribution is 0.0928. The van der Waals surface area contributed by atoms with Crippen molar-refractivity contribution < 1.29 is 9.32 Å². The van der Waals surface area contributed by atoms with E-state index in [2.05, 4.69) is 15.4 Å². The Balaban J connectivity index is 1.31. The molecular weight excluding hydrogens is 361 g/mol. The molecule has 1 aliphatic carbocycles. The van der Waals surface area contributed by atoms with Gasteiger partial charge in [0.15, 0.2) is 5.69 Å². The van der Waals surface area contributed by atoms with E-state index in [1.165, 1.54) is 0 Å². The van der Waals surface area contributed by atoms with Crippen LogP contribution in [0.4, 0.5) is 0 Å². The average Bonchev–Trinajstić information content (AvgIpc) is 3.14. The highest BCUT2D eigenvalue weighted by Crippen LogP contribution is 2.40. The maximum atomic E-state index is 12.3. The lowest BCUT2D eigenvalue weighted by atomic mass is 10.2. The predicted molar refractivity (Wildman–Crippen MR) is 96.1 cm³/mol. The highest BCUT2D eigenvalue weighted by atomic mass is 35.5. The van der Waals surface area contributed by atoms with Crippen LogP contribution in [-0.2, 0) is 6.54 Å². The number of rotatable bonds is 5. The van der Waals surface area contributed by atoms with Gasteiger partial charge in [-0.1, -0.05) is 34.4 Å². The summed E-state index contributed by atoms with van der Waals surface area (Å²) in [5.74, 6) is 1.13. The van der Waals surface area contributed by atoms with Gasteiger partial charge in [-0.25, -0.2) is 0 Å². The van der Waals surface area contributed by atoms with Crippen LogP contribution in [0.15, 0.2) is 28.8 Å². The van der Waals surface area contributed by atoms with Crippen LogP contribution >= 0.6 is 23.2 Å². The van der Waals surface area contributed by atoms with E-state index >= 15 is 0 Å². The van der Waals surface area contributed by atoms with Crippen LogP contribution < -0.4 is 5.32 Å². The topological polar surface area (TPSA) is 58.4 Å². The van der Waals surface area contributed by atoms with Gasteiger partial charge in [0.05, 0.1) is 0 Å². The first-order valence-electron chi connectivity index (χ1n) is 8.52. The molecule has 0 spiro atoms. The lowest BCUT2D eigenvalue weighted by Gasteiger charge is -2.17. The quantitative estimate of drug-likeness (QED) is 0.856. The summed E-state index contributed by atoms with van der Waals surface area (Å²) in [4.78, 5) is 14.6. The second kappa shape index (κ2) is 6.98. The zero-order valence-corrected chi connectivity index (χ0v) is 15.2. The summed E-state index contributed by atoms with van der Waals surface area (Å²) in [6, 6.07) is 7.44. The van der Waals surface area contributed by atoms with Gasteiger partial charge in [-0.15, -0.1) is 0 Å². The highest BCUT2D eigenvalue weighted by Gasteiger charge is 2.30. The Kier molecular flexibility index (Phi) is 4.71. The van der Waals surface area contributed by atoms with Crippen LogP contribution in [0.3, 0.4) is 0 Å². The third-order valence-electron chi connectivity index (χ3n) is 4.76. The van der Waals surface area contributed by atoms with Crippen LogP contribution in [0.1, 0.15) is 47.0 Å². The van der Waals surface area contributed by atoms with Crippen molar-refractivity contribution in [3.8, 4) is 0 Å². The minimum Gasteiger partial charge on any atom is -0.360 e. The standard InChI is InChI=1S/C18H19Cl2N3O2/c19-13-4-3-12(15(20)7-13)9-23-6-5-14(10-23)21-18(24)16-8-17(25-22-16)11-1-2-11/h3-4,7-8,11,14H,1-2,5-6,9-10H2,(H,21,24). The van der Waals surface area contributed by atoms with E-state index in [4.69, 9.17) is 27.7 Å². The summed E-state index contributed by atoms with van der Waals surface area (Å²) in [6.45, 7) is 2.45. The molecule has 25 heavy (non-hydrogen) atoms. The third-order valence-corrected chi connectivity index (χ3v) is 5.34. The van der Waals surface area contributed by atoms with Gasteiger partial charge in [-0.3, -0.25) is 9.69 Å². The Hall–Kier alpha value is -1.56. The first-order valence-corrected chi connectivity index (χ1v) is 9.28. The van der Waals surface area contributed by atoms with Crippen molar-refractivity contribution >= 4 is 29.1 Å². The minimum absolute atomic E-state index is 0.111. The summed E-state index contributed by atoms with van der Waals surface area (Å²) in [5.41, 5.74) is 1.42. The van der Waals surface area contributed by atoms with E-state index in [0.29, 0.717) is 21.7 Å². The molecule has 2 heterocycles. The molecular formula is C18H19Cl2N3O2. The predicted octanol–water partition coefficient (Wildman–Crippen LogP) is 3.86. The second-order valence-electron chi connectivity index (χ2n) is 6.82. The third kappa shape index (κ3) is 4.00. The molecule has 5 nitrogen and oxygen atoms in total. The number of nitrogens with one attached hydrogen (secondary N) is 1. The Morgan fingerprint density at radius 2 is 2.12 bits per heavy atom. The number of halogens is 2. The van der Waals surface area contributed by atoms with Gasteiger partial charge >= 0.3 is 0 Å². The van der Waals surface area contributed by atoms with Crippen molar-refractivity contribution in [2.24, 2.45) is 0 Å². The molecule has 1 N–H and O–H groups in total. The zero-order valence-electron chi connectivity index (χ0n) is 13.7. The molecule has 7 heteroatoms. The highest BCUT2D eigenvalue weighted by molar-refractivity contribution is 6.35. The SMILES string of the molecule is O=C(NC1CCN(Cc2ccc(Cl)cc2Cl)C1)c1cc(C2CC2)on1. The summed E-state index contributed by atoms with van der Waals surface area (Å²) in [6.07, 6.45) is 3.16. The number of benzene rings is 1. The first kappa shape index (κ1) is 16.9. The molecule has 0 bridgehead atoms. The monoisotopic (exact) mass is 379 g/mol. The minimum atomic E-state index is -0.160. The number of hydrogen-bond acceptors (Lipinski definition) is 4. The Labute approximate surface area is 156 Å². The van der Waals surface area contributed by atoms with Crippen molar-refractivity contribution in [3.63, 3.8) is 0 Å². The van der Waals surface area contributed by atoms with Crippen LogP contribution in [0, 0.1) is 0 Å². The van der Waals surface area contributed by atoms with E-state index in [1.54, 1.807) is 12.1 Å². The van der Waals surface area contributed by atoms with E-state index in [-0.39, 0.29) is 11.9 Å². The van der Waals surface area contributed by atoms with Gasteiger partial charge in [0.1, 0.15) is 5.76 Å². The molecule has 1 atom stereocenters. The zero-order chi connectivity index (χ0) is 17.4. The molecule has 132 valence electrons. The number of carbonyl (C=O) groups excluding carboxylic acids is 1. The molecule has 1 unspecified atom stereocenters. The number of amides is 1. The van der Waals surface area contributed by atoms with Crippen LogP contribution in [-0.4, -0.2) is 35.1 Å². The molecule has 0 radical (unpaired) electrons. The van der Waals surface area contributed by atoms with E-state index in [9.17, 15) is 4.79 Å². The number of likely N-dealkylation sites (tertiary alicyclic amines) is 1. The average molecular weight is 380 g/mol. The fourth-order valence-electron chi connectivity index (χ4n) is 3.20. The molecule has 1 saturated carbocycles. The smallest absolute Gasteiger partial charge is 0.273 e. The van der Waals surface area contributed by atoms with Gasteiger partial charge < -0.3 is 9.84 Å². The fraction of sp³-hybridized carbons (Fsp3) is 0.444. The van der Waals surface area contributed by atoms with Crippen molar-refractivity contribution in [1.29, 1.82) is 0 Å². The molecule has 2 fully saturated rings. The number of carbonyl (C=O) groups is 1. The van der Waals surface area contributed by atoms with Crippen LogP contribution in [0.5, 0.6) is 0 Å². The molecule has 4 rings (SSSR count). The number of nitrogens with zero attached hydrogens (tertiary/aromatic N) is 2. The first-order chi connectivity index (χ1) is 12.1. The van der Waals surface area contributed by atoms with Gasteiger partial charge in [-0.05, 0) is 37.0 Å². The molecule has 1 saturated heterocycles. The number of hydrogen-bond donors (Lipinski definition) is 1. The van der Waals surface area contributed by atoms with Gasteiger partial charge in [0, 0.05) is 47.7 Å². The normalized spacial score (nSPS) is 20.8. The van der Waals surface area contributed by atoms with Crippen molar-refractivity contribution in [1.82, 2.24) is 15.4 Å². The summed E-state index contributed by atoms with van der Waals surface area (Å²) >= 11 is 12.2. The van der Waals surface area contributed by atoms with Crippen LogP contribution in [0.2, 0.25) is 10.0 Å². The Bertz CT molecular complexity index is 788. The lowest BCUT2D eigenvalue weighted by Crippen LogP contribution is -2.37. The van der Waals surface area contributed by atoms with Crippen molar-refractivity contribution in [2.45, 2.75) is 37.8 Å².